The van der Waals surface area contributed by atoms with Gasteiger partial charge in [0.1, 0.15) is 16.7 Å². The number of benzene rings is 2. The van der Waals surface area contributed by atoms with Gasteiger partial charge in [-0.15, -0.1) is 0 Å². The molecule has 1 fully saturated rings. The predicted octanol–water partition coefficient (Wildman–Crippen LogP) is 5.60. The average molecular weight is 652 g/mol. The van der Waals surface area contributed by atoms with Crippen LogP contribution in [0.25, 0.3) is 6.08 Å². The van der Waals surface area contributed by atoms with Crippen molar-refractivity contribution in [3.8, 4) is 5.75 Å². The molecule has 0 spiro atoms. The molecule has 29 heavy (non-hydrogen) atoms. The van der Waals surface area contributed by atoms with E-state index < -0.39 is 4.92 Å². The molecule has 0 N–H and O–H groups in total. The van der Waals surface area contributed by atoms with Crippen molar-refractivity contribution in [3.05, 3.63) is 69.7 Å². The lowest BCUT2D eigenvalue weighted by molar-refractivity contribution is -0.384. The zero-order valence-corrected chi connectivity index (χ0v) is 21.0. The summed E-state index contributed by atoms with van der Waals surface area (Å²) in [5.41, 5.74) is 1.64. The van der Waals surface area contributed by atoms with Gasteiger partial charge in [0.05, 0.1) is 17.0 Å². The quantitative estimate of drug-likeness (QED) is 0.133. The van der Waals surface area contributed by atoms with E-state index in [4.69, 9.17) is 17.0 Å². The molecule has 1 amide bonds. The average Bonchev–Trinajstić information content (AvgIpc) is 2.93. The number of non-ortho nitro benzene ring substituents is 1. The van der Waals surface area contributed by atoms with Crippen LogP contribution in [0.1, 0.15) is 18.1 Å². The van der Waals surface area contributed by atoms with Crippen LogP contribution in [0.4, 0.5) is 5.69 Å². The third-order valence-electron chi connectivity index (χ3n) is 4.01. The first-order valence-corrected chi connectivity index (χ1v) is 11.8. The van der Waals surface area contributed by atoms with Gasteiger partial charge in [-0.3, -0.25) is 19.8 Å². The number of nitrogens with zero attached hydrogens (tertiary/aromatic N) is 2. The number of likely N-dealkylation sites (N-methyl/N-ethyl adjacent to an activating group) is 1. The van der Waals surface area contributed by atoms with Gasteiger partial charge in [0.15, 0.2) is 0 Å². The van der Waals surface area contributed by atoms with E-state index in [0.717, 1.165) is 18.3 Å². The molecule has 150 valence electrons. The van der Waals surface area contributed by atoms with Gasteiger partial charge in [0, 0.05) is 18.7 Å². The Morgan fingerprint density at radius 3 is 2.55 bits per heavy atom. The summed E-state index contributed by atoms with van der Waals surface area (Å²) in [6, 6.07) is 10.3. The Labute approximate surface area is 204 Å². The second kappa shape index (κ2) is 9.71. The molecular weight excluding hydrogens is 638 g/mol. The fourth-order valence-electron chi connectivity index (χ4n) is 2.64. The van der Waals surface area contributed by atoms with Crippen molar-refractivity contribution in [2.24, 2.45) is 0 Å². The molecule has 1 aliphatic heterocycles. The number of ether oxygens (including phenoxy) is 1. The van der Waals surface area contributed by atoms with E-state index in [2.05, 4.69) is 45.2 Å². The smallest absolute Gasteiger partial charge is 0.269 e. The van der Waals surface area contributed by atoms with Crippen molar-refractivity contribution in [2.75, 3.05) is 6.54 Å². The first kappa shape index (κ1) is 22.4. The van der Waals surface area contributed by atoms with E-state index in [1.54, 1.807) is 17.0 Å². The summed E-state index contributed by atoms with van der Waals surface area (Å²) in [4.78, 5) is 25.1. The zero-order valence-electron chi connectivity index (χ0n) is 15.1. The summed E-state index contributed by atoms with van der Waals surface area (Å²) in [5.74, 6) is 0.634. The van der Waals surface area contributed by atoms with Gasteiger partial charge in [0.25, 0.3) is 11.6 Å². The van der Waals surface area contributed by atoms with Gasteiger partial charge in [0.2, 0.25) is 0 Å². The molecule has 0 saturated carbocycles. The van der Waals surface area contributed by atoms with Crippen molar-refractivity contribution in [2.45, 2.75) is 13.5 Å². The molecule has 0 aliphatic carbocycles. The third kappa shape index (κ3) is 5.27. The van der Waals surface area contributed by atoms with Crippen molar-refractivity contribution < 1.29 is 14.5 Å². The Morgan fingerprint density at radius 2 is 1.97 bits per heavy atom. The van der Waals surface area contributed by atoms with Gasteiger partial charge >= 0.3 is 0 Å². The SMILES string of the molecule is CCN1C(=O)/C(=C/c2cc(I)c(OCc3cccc([N+](=O)[O-])c3)c(I)c2)SC1=S. The largest absolute Gasteiger partial charge is 0.487 e. The highest BCUT2D eigenvalue weighted by atomic mass is 127. The lowest BCUT2D eigenvalue weighted by Gasteiger charge is -2.12. The maximum absolute atomic E-state index is 12.4. The zero-order chi connectivity index (χ0) is 21.1. The number of hydrogen-bond donors (Lipinski definition) is 0. The maximum Gasteiger partial charge on any atom is 0.269 e. The van der Waals surface area contributed by atoms with Crippen LogP contribution in [0.2, 0.25) is 0 Å². The van der Waals surface area contributed by atoms with Crippen LogP contribution in [0.5, 0.6) is 5.75 Å². The van der Waals surface area contributed by atoms with Crippen LogP contribution in [-0.4, -0.2) is 26.6 Å². The first-order chi connectivity index (χ1) is 13.8. The van der Waals surface area contributed by atoms with Crippen molar-refractivity contribution in [1.29, 1.82) is 0 Å². The molecule has 0 aromatic heterocycles. The van der Waals surface area contributed by atoms with E-state index in [9.17, 15) is 14.9 Å². The molecule has 10 heteroatoms. The second-order valence-electron chi connectivity index (χ2n) is 5.96. The van der Waals surface area contributed by atoms with Gasteiger partial charge < -0.3 is 4.74 Å². The summed E-state index contributed by atoms with van der Waals surface area (Å²) in [6.45, 7) is 2.68. The molecular formula is C19H14I2N2O4S2. The molecule has 0 radical (unpaired) electrons. The number of carbonyl (C=O) groups is 1. The fourth-order valence-corrected chi connectivity index (χ4v) is 6.15. The van der Waals surface area contributed by atoms with E-state index in [1.807, 2.05) is 25.1 Å². The molecule has 1 aliphatic rings. The highest BCUT2D eigenvalue weighted by molar-refractivity contribution is 14.1. The van der Waals surface area contributed by atoms with E-state index in [1.165, 1.54) is 23.9 Å². The number of rotatable bonds is 6. The summed E-state index contributed by atoms with van der Waals surface area (Å²) >= 11 is 10.9. The van der Waals surface area contributed by atoms with Crippen LogP contribution in [0, 0.1) is 17.3 Å². The van der Waals surface area contributed by atoms with Crippen molar-refractivity contribution >= 4 is 91.2 Å². The normalized spacial score (nSPS) is 15.3. The van der Waals surface area contributed by atoms with Crippen LogP contribution in [0.15, 0.2) is 41.3 Å². The topological polar surface area (TPSA) is 72.7 Å². The van der Waals surface area contributed by atoms with E-state index in [-0.39, 0.29) is 18.2 Å². The van der Waals surface area contributed by atoms with Gasteiger partial charge in [-0.25, -0.2) is 0 Å². The Kier molecular flexibility index (Phi) is 7.51. The van der Waals surface area contributed by atoms with E-state index in [0.29, 0.717) is 21.5 Å². The molecule has 6 nitrogen and oxygen atoms in total. The Balaban J connectivity index is 1.79. The lowest BCUT2D eigenvalue weighted by atomic mass is 10.2. The first-order valence-electron chi connectivity index (χ1n) is 8.40. The minimum absolute atomic E-state index is 0.0373. The minimum Gasteiger partial charge on any atom is -0.487 e. The number of nitro groups is 1. The number of thiocarbonyl (C=S) groups is 1. The van der Waals surface area contributed by atoms with Gasteiger partial charge in [-0.05, 0) is 81.4 Å². The van der Waals surface area contributed by atoms with E-state index >= 15 is 0 Å². The second-order valence-corrected chi connectivity index (χ2v) is 9.96. The molecule has 1 heterocycles. The molecule has 0 bridgehead atoms. The third-order valence-corrected chi connectivity index (χ3v) is 6.99. The number of thioether (sulfide) groups is 1. The molecule has 2 aromatic carbocycles. The summed E-state index contributed by atoms with van der Waals surface area (Å²) in [5, 5.41) is 10.9. The lowest BCUT2D eigenvalue weighted by Crippen LogP contribution is -2.27. The Bertz CT molecular complexity index is 1020. The number of carbonyl (C=O) groups excluding carboxylic acids is 1. The molecule has 1 saturated heterocycles. The Hall–Kier alpha value is -1.25. The highest BCUT2D eigenvalue weighted by Gasteiger charge is 2.30. The molecule has 0 unspecified atom stereocenters. The minimum atomic E-state index is -0.424. The predicted molar refractivity (Wildman–Crippen MR) is 135 cm³/mol. The Morgan fingerprint density at radius 1 is 1.28 bits per heavy atom. The number of halogens is 2. The van der Waals surface area contributed by atoms with Crippen LogP contribution < -0.4 is 4.74 Å². The molecule has 0 atom stereocenters. The molecule has 3 rings (SSSR count). The van der Waals surface area contributed by atoms with Crippen molar-refractivity contribution in [3.63, 3.8) is 0 Å². The van der Waals surface area contributed by atoms with Crippen molar-refractivity contribution in [1.82, 2.24) is 4.90 Å². The van der Waals surface area contributed by atoms with Crippen LogP contribution >= 0.6 is 69.2 Å². The summed E-state index contributed by atoms with van der Waals surface area (Å²) in [7, 11) is 0. The maximum atomic E-state index is 12.4. The number of nitro benzene ring substituents is 1. The van der Waals surface area contributed by atoms with Gasteiger partial charge in [-0.2, -0.15) is 0 Å². The fraction of sp³-hybridized carbons (Fsp3) is 0.158. The number of amides is 1. The molecule has 2 aromatic rings. The van der Waals surface area contributed by atoms with Gasteiger partial charge in [-0.1, -0.05) is 36.1 Å². The number of hydrogen-bond acceptors (Lipinski definition) is 6. The van der Waals surface area contributed by atoms with Crippen LogP contribution in [-0.2, 0) is 11.4 Å². The summed E-state index contributed by atoms with van der Waals surface area (Å²) in [6.07, 6.45) is 1.84. The highest BCUT2D eigenvalue weighted by Crippen LogP contribution is 2.35. The standard InChI is InChI=1S/C19H14I2N2O4S2/c1-2-22-18(24)16(29-19(22)28)9-12-7-14(20)17(15(21)8-12)27-10-11-4-3-5-13(6-11)23(25)26/h3-9H,2,10H2,1H3/b16-9-. The monoisotopic (exact) mass is 652 g/mol. The van der Waals surface area contributed by atoms with Crippen LogP contribution in [0.3, 0.4) is 0 Å². The summed E-state index contributed by atoms with van der Waals surface area (Å²) < 4.78 is 8.27.